The van der Waals surface area contributed by atoms with Gasteiger partial charge in [0.05, 0.1) is 15.1 Å². The first-order chi connectivity index (χ1) is 9.26. The van der Waals surface area contributed by atoms with Gasteiger partial charge in [-0.15, -0.1) is 0 Å². The minimum atomic E-state index is -0.980. The van der Waals surface area contributed by atoms with E-state index in [9.17, 15) is 9.59 Å². The summed E-state index contributed by atoms with van der Waals surface area (Å²) in [5.74, 6) is -0.679. The summed E-state index contributed by atoms with van der Waals surface area (Å²) < 4.78 is 0. The molecule has 1 fully saturated rings. The lowest BCUT2D eigenvalue weighted by molar-refractivity contribution is -0.133. The highest BCUT2D eigenvalue weighted by Gasteiger charge is 2.41. The summed E-state index contributed by atoms with van der Waals surface area (Å²) in [5.41, 5.74) is -0.990. The number of nitrogens with zero attached hydrogens (tertiary/aromatic N) is 2. The van der Waals surface area contributed by atoms with Gasteiger partial charge in [-0.1, -0.05) is 34.8 Å². The average Bonchev–Trinajstić information content (AvgIpc) is 2.39. The van der Waals surface area contributed by atoms with E-state index in [4.69, 9.17) is 34.8 Å². The van der Waals surface area contributed by atoms with E-state index in [2.05, 4.69) is 10.3 Å². The molecule has 0 aromatic carbocycles. The van der Waals surface area contributed by atoms with Gasteiger partial charge in [0.25, 0.3) is 5.91 Å². The molecule has 1 aromatic heterocycles. The largest absolute Gasteiger partial charge is 0.352 e. The fourth-order valence-electron chi connectivity index (χ4n) is 1.98. The van der Waals surface area contributed by atoms with Crippen molar-refractivity contribution >= 4 is 46.6 Å². The number of hydrogen-bond donors (Lipinski definition) is 1. The van der Waals surface area contributed by atoms with Gasteiger partial charge in [-0.3, -0.25) is 9.59 Å². The zero-order valence-corrected chi connectivity index (χ0v) is 13.1. The molecule has 2 rings (SSSR count). The van der Waals surface area contributed by atoms with Crippen molar-refractivity contribution in [2.45, 2.75) is 19.4 Å². The van der Waals surface area contributed by atoms with Crippen molar-refractivity contribution in [2.24, 2.45) is 0 Å². The van der Waals surface area contributed by atoms with E-state index in [-0.39, 0.29) is 26.7 Å². The Morgan fingerprint density at radius 2 is 2.00 bits per heavy atom. The Balaban J connectivity index is 2.41. The van der Waals surface area contributed by atoms with E-state index in [1.807, 2.05) is 0 Å². The van der Waals surface area contributed by atoms with Crippen LogP contribution in [0, 0.1) is 0 Å². The van der Waals surface area contributed by atoms with Gasteiger partial charge in [0.15, 0.2) is 0 Å². The Bertz CT molecular complexity index is 590. The fourth-order valence-corrected chi connectivity index (χ4v) is 2.54. The number of amides is 2. The second kappa shape index (κ2) is 5.39. The number of carbonyl (C=O) groups is 2. The molecular formula is C12H12Cl3N3O2. The van der Waals surface area contributed by atoms with Crippen molar-refractivity contribution in [3.8, 4) is 0 Å². The average molecular weight is 337 g/mol. The lowest BCUT2D eigenvalue weighted by Crippen LogP contribution is -2.63. The van der Waals surface area contributed by atoms with Gasteiger partial charge in [-0.2, -0.15) is 0 Å². The van der Waals surface area contributed by atoms with Crippen LogP contribution in [0.4, 0.5) is 0 Å². The molecule has 0 spiro atoms. The molecule has 8 heteroatoms. The van der Waals surface area contributed by atoms with Crippen LogP contribution in [0.1, 0.15) is 24.3 Å². The number of hydrogen-bond acceptors (Lipinski definition) is 3. The SMILES string of the molecule is CC1(C)C(=O)NCCN1C(=O)c1ncc(Cl)c(Cl)c1Cl. The number of nitrogens with one attached hydrogen (secondary N) is 1. The van der Waals surface area contributed by atoms with Crippen molar-refractivity contribution in [3.05, 3.63) is 27.0 Å². The van der Waals surface area contributed by atoms with Crippen LogP contribution >= 0.6 is 34.8 Å². The minimum Gasteiger partial charge on any atom is -0.352 e. The maximum absolute atomic E-state index is 12.5. The first-order valence-electron chi connectivity index (χ1n) is 5.86. The Kier molecular flexibility index (Phi) is 4.14. The first-order valence-corrected chi connectivity index (χ1v) is 7.00. The van der Waals surface area contributed by atoms with Crippen molar-refractivity contribution in [1.29, 1.82) is 0 Å². The Labute approximate surface area is 131 Å². The number of pyridine rings is 1. The fraction of sp³-hybridized carbons (Fsp3) is 0.417. The third-order valence-corrected chi connectivity index (χ3v) is 4.46. The molecule has 0 radical (unpaired) electrons. The second-order valence-corrected chi connectivity index (χ2v) is 6.02. The molecule has 1 N–H and O–H groups in total. The van der Waals surface area contributed by atoms with Gasteiger partial charge >= 0.3 is 0 Å². The van der Waals surface area contributed by atoms with Crippen molar-refractivity contribution in [3.63, 3.8) is 0 Å². The summed E-state index contributed by atoms with van der Waals surface area (Å²) in [4.78, 5) is 29.8. The van der Waals surface area contributed by atoms with E-state index in [1.165, 1.54) is 11.1 Å². The molecule has 20 heavy (non-hydrogen) atoms. The predicted octanol–water partition coefficient (Wildman–Crippen LogP) is 2.39. The van der Waals surface area contributed by atoms with Crippen molar-refractivity contribution < 1.29 is 9.59 Å². The topological polar surface area (TPSA) is 62.3 Å². The van der Waals surface area contributed by atoms with Gasteiger partial charge in [-0.05, 0) is 13.8 Å². The van der Waals surface area contributed by atoms with E-state index < -0.39 is 11.4 Å². The summed E-state index contributed by atoms with van der Waals surface area (Å²) in [6, 6.07) is 0. The summed E-state index contributed by atoms with van der Waals surface area (Å²) in [6.07, 6.45) is 1.26. The van der Waals surface area contributed by atoms with Gasteiger partial charge in [-0.25, -0.2) is 4.98 Å². The van der Waals surface area contributed by atoms with Gasteiger partial charge in [0.1, 0.15) is 11.2 Å². The number of aromatic nitrogens is 1. The molecule has 2 heterocycles. The molecule has 2 amide bonds. The third kappa shape index (κ3) is 2.45. The van der Waals surface area contributed by atoms with Crippen LogP contribution in [0.3, 0.4) is 0 Å². The van der Waals surface area contributed by atoms with Crippen LogP contribution in [-0.2, 0) is 4.79 Å². The first kappa shape index (κ1) is 15.4. The van der Waals surface area contributed by atoms with E-state index in [0.29, 0.717) is 13.1 Å². The zero-order chi connectivity index (χ0) is 15.1. The molecule has 1 aliphatic heterocycles. The van der Waals surface area contributed by atoms with Crippen molar-refractivity contribution in [1.82, 2.24) is 15.2 Å². The number of piperazine rings is 1. The third-order valence-electron chi connectivity index (χ3n) is 3.22. The summed E-state index contributed by atoms with van der Waals surface area (Å²) in [6.45, 7) is 4.07. The van der Waals surface area contributed by atoms with Crippen LogP contribution in [-0.4, -0.2) is 40.3 Å². The predicted molar refractivity (Wildman–Crippen MR) is 77.4 cm³/mol. The highest BCUT2D eigenvalue weighted by molar-refractivity contribution is 6.48. The highest BCUT2D eigenvalue weighted by Crippen LogP contribution is 2.32. The molecule has 5 nitrogen and oxygen atoms in total. The molecule has 1 aromatic rings. The van der Waals surface area contributed by atoms with Crippen molar-refractivity contribution in [2.75, 3.05) is 13.1 Å². The Morgan fingerprint density at radius 1 is 1.35 bits per heavy atom. The van der Waals surface area contributed by atoms with E-state index in [0.717, 1.165) is 0 Å². The summed E-state index contributed by atoms with van der Waals surface area (Å²) in [5, 5.41) is 2.95. The Morgan fingerprint density at radius 3 is 2.65 bits per heavy atom. The van der Waals surface area contributed by atoms with Gasteiger partial charge in [0, 0.05) is 19.3 Å². The van der Waals surface area contributed by atoms with E-state index in [1.54, 1.807) is 13.8 Å². The molecule has 0 atom stereocenters. The highest BCUT2D eigenvalue weighted by atomic mass is 35.5. The quantitative estimate of drug-likeness (QED) is 0.856. The zero-order valence-electron chi connectivity index (χ0n) is 10.8. The van der Waals surface area contributed by atoms with Crippen LogP contribution in [0.2, 0.25) is 15.1 Å². The molecule has 0 aliphatic carbocycles. The van der Waals surface area contributed by atoms with Crippen LogP contribution < -0.4 is 5.32 Å². The van der Waals surface area contributed by atoms with Crippen LogP contribution in [0.25, 0.3) is 0 Å². The molecule has 1 aliphatic rings. The number of carbonyl (C=O) groups excluding carboxylic acids is 2. The molecule has 0 bridgehead atoms. The lowest BCUT2D eigenvalue weighted by atomic mass is 9.98. The smallest absolute Gasteiger partial charge is 0.274 e. The summed E-state index contributed by atoms with van der Waals surface area (Å²) in [7, 11) is 0. The van der Waals surface area contributed by atoms with Crippen LogP contribution in [0.5, 0.6) is 0 Å². The molecule has 1 saturated heterocycles. The maximum Gasteiger partial charge on any atom is 0.274 e. The van der Waals surface area contributed by atoms with Gasteiger partial charge < -0.3 is 10.2 Å². The summed E-state index contributed by atoms with van der Waals surface area (Å²) >= 11 is 17.7. The molecule has 0 saturated carbocycles. The maximum atomic E-state index is 12.5. The molecule has 108 valence electrons. The normalized spacial score (nSPS) is 17.9. The molecular weight excluding hydrogens is 325 g/mol. The van der Waals surface area contributed by atoms with Crippen LogP contribution in [0.15, 0.2) is 6.20 Å². The number of rotatable bonds is 1. The van der Waals surface area contributed by atoms with E-state index >= 15 is 0 Å². The lowest BCUT2D eigenvalue weighted by Gasteiger charge is -2.41. The Hall–Kier alpha value is -1.04. The minimum absolute atomic E-state index is 0.00838. The molecule has 0 unspecified atom stereocenters. The second-order valence-electron chi connectivity index (χ2n) is 4.85. The number of halogens is 3. The standard InChI is InChI=1S/C12H12Cl3N3O2/c1-12(2)11(20)16-3-4-18(12)10(19)9-8(15)7(14)6(13)5-17-9/h5H,3-4H2,1-2H3,(H,16,20). The monoisotopic (exact) mass is 335 g/mol. The van der Waals surface area contributed by atoms with Gasteiger partial charge in [0.2, 0.25) is 5.91 Å².